The lowest BCUT2D eigenvalue weighted by Crippen LogP contribution is -2.29. The number of hydrogen-bond acceptors (Lipinski definition) is 7. The Hall–Kier alpha value is -3.26. The highest BCUT2D eigenvalue weighted by Gasteiger charge is 2.29. The van der Waals surface area contributed by atoms with Gasteiger partial charge in [-0.2, -0.15) is 0 Å². The number of aromatic nitrogens is 1. The molecule has 0 unspecified atom stereocenters. The molecule has 0 bridgehead atoms. The van der Waals surface area contributed by atoms with Crippen molar-refractivity contribution in [3.05, 3.63) is 70.4 Å². The van der Waals surface area contributed by atoms with Gasteiger partial charge >= 0.3 is 5.97 Å². The highest BCUT2D eigenvalue weighted by molar-refractivity contribution is 7.18. The molecule has 0 aliphatic rings. The second-order valence-corrected chi connectivity index (χ2v) is 8.67. The number of nitrogens with one attached hydrogen (secondary N) is 1. The maximum Gasteiger partial charge on any atom is 0.311 e. The van der Waals surface area contributed by atoms with E-state index >= 15 is 0 Å². The first-order valence-corrected chi connectivity index (χ1v) is 10.6. The van der Waals surface area contributed by atoms with E-state index in [0.717, 1.165) is 16.9 Å². The molecule has 0 atom stereocenters. The highest BCUT2D eigenvalue weighted by atomic mass is 32.1. The number of nitrogens with zero attached hydrogens (tertiary/aromatic N) is 1. The monoisotopic (exact) mass is 441 g/mol. The van der Waals surface area contributed by atoms with Gasteiger partial charge in [-0.3, -0.25) is 9.59 Å². The number of nitrogen functional groups attached to an aromatic ring is 1. The van der Waals surface area contributed by atoms with E-state index in [2.05, 4.69) is 10.3 Å². The molecule has 0 aliphatic heterocycles. The fraction of sp³-hybridized carbons (Fsp3) is 0.261. The zero-order valence-corrected chi connectivity index (χ0v) is 18.4. The van der Waals surface area contributed by atoms with Gasteiger partial charge in [0.25, 0.3) is 0 Å². The minimum Gasteiger partial charge on any atom is -0.466 e. The number of benzene rings is 2. The number of anilines is 3. The van der Waals surface area contributed by atoms with Crippen molar-refractivity contribution >= 4 is 39.7 Å². The van der Waals surface area contributed by atoms with Gasteiger partial charge in [0.1, 0.15) is 16.5 Å². The van der Waals surface area contributed by atoms with Crippen LogP contribution in [0.5, 0.6) is 0 Å². The summed E-state index contributed by atoms with van der Waals surface area (Å²) >= 11 is 1.13. The van der Waals surface area contributed by atoms with Crippen LogP contribution in [0.1, 0.15) is 41.6 Å². The number of ketones is 1. The van der Waals surface area contributed by atoms with Gasteiger partial charge in [-0.15, -0.1) is 0 Å². The van der Waals surface area contributed by atoms with Gasteiger partial charge < -0.3 is 15.8 Å². The topological polar surface area (TPSA) is 94.3 Å². The molecule has 3 rings (SSSR count). The smallest absolute Gasteiger partial charge is 0.311 e. The Morgan fingerprint density at radius 1 is 1.13 bits per heavy atom. The molecule has 8 heteroatoms. The Bertz CT molecular complexity index is 1080. The summed E-state index contributed by atoms with van der Waals surface area (Å²) in [7, 11) is 0. The summed E-state index contributed by atoms with van der Waals surface area (Å²) in [6.07, 6.45) is 0.495. The van der Waals surface area contributed by atoms with Crippen molar-refractivity contribution in [1.29, 1.82) is 0 Å². The molecule has 0 aliphatic carbocycles. The van der Waals surface area contributed by atoms with Crippen LogP contribution in [0.4, 0.5) is 21.0 Å². The van der Waals surface area contributed by atoms with Gasteiger partial charge in [-0.25, -0.2) is 9.37 Å². The minimum absolute atomic E-state index is 0.132. The van der Waals surface area contributed by atoms with Crippen molar-refractivity contribution in [2.75, 3.05) is 17.7 Å². The molecule has 31 heavy (non-hydrogen) atoms. The van der Waals surface area contributed by atoms with Crippen LogP contribution in [0.25, 0.3) is 0 Å². The first kappa shape index (κ1) is 22.4. The first-order valence-electron chi connectivity index (χ1n) is 9.79. The molecule has 6 nitrogen and oxygen atoms in total. The second-order valence-electron chi connectivity index (χ2n) is 7.67. The number of halogens is 1. The van der Waals surface area contributed by atoms with E-state index in [-0.39, 0.29) is 23.4 Å². The Labute approximate surface area is 184 Å². The number of thiazole rings is 1. The number of nitrogens with two attached hydrogens (primary N) is 1. The number of esters is 1. The molecule has 0 fully saturated rings. The lowest BCUT2D eigenvalue weighted by Gasteiger charge is -2.22. The normalized spacial score (nSPS) is 11.2. The third-order valence-electron chi connectivity index (χ3n) is 4.65. The van der Waals surface area contributed by atoms with Crippen molar-refractivity contribution in [3.63, 3.8) is 0 Å². The molecular formula is C23H24FN3O3S. The van der Waals surface area contributed by atoms with Crippen LogP contribution in [-0.4, -0.2) is 23.3 Å². The fourth-order valence-electron chi connectivity index (χ4n) is 3.02. The maximum absolute atomic E-state index is 13.1. The molecule has 1 heterocycles. The summed E-state index contributed by atoms with van der Waals surface area (Å²) in [5.41, 5.74) is 7.33. The van der Waals surface area contributed by atoms with E-state index in [0.29, 0.717) is 34.3 Å². The van der Waals surface area contributed by atoms with Gasteiger partial charge in [0.05, 0.1) is 12.0 Å². The molecule has 3 aromatic rings. The van der Waals surface area contributed by atoms with Gasteiger partial charge in [-0.05, 0) is 57.0 Å². The number of ether oxygens (including phenoxy) is 1. The Kier molecular flexibility index (Phi) is 6.70. The van der Waals surface area contributed by atoms with E-state index in [1.165, 1.54) is 12.1 Å². The summed E-state index contributed by atoms with van der Waals surface area (Å²) in [5, 5.41) is 3.46. The van der Waals surface area contributed by atoms with Crippen LogP contribution in [0, 0.1) is 11.2 Å². The fourth-order valence-corrected chi connectivity index (χ4v) is 3.89. The van der Waals surface area contributed by atoms with Gasteiger partial charge in [0, 0.05) is 11.3 Å². The van der Waals surface area contributed by atoms with Crippen molar-refractivity contribution in [2.24, 2.45) is 5.41 Å². The van der Waals surface area contributed by atoms with Crippen LogP contribution in [0.2, 0.25) is 0 Å². The van der Waals surface area contributed by atoms with Crippen LogP contribution < -0.4 is 11.1 Å². The molecule has 1 aromatic heterocycles. The standard InChI is InChI=1S/C23H24FN3O3S/c1-4-30-21(29)23(2,3)13-14-5-7-15(8-6-14)18(28)19-20(25)27-22(31-19)26-17-11-9-16(24)10-12-17/h5-12H,4,13,25H2,1-3H3,(H,26,27). The Balaban J connectivity index is 1.72. The van der Waals surface area contributed by atoms with Gasteiger partial charge in [0.15, 0.2) is 5.13 Å². The summed E-state index contributed by atoms with van der Waals surface area (Å²) in [6.45, 7) is 5.78. The van der Waals surface area contributed by atoms with Gasteiger partial charge in [0.2, 0.25) is 5.78 Å². The van der Waals surface area contributed by atoms with E-state index < -0.39 is 5.41 Å². The average molecular weight is 442 g/mol. The number of rotatable bonds is 8. The molecule has 0 amide bonds. The quantitative estimate of drug-likeness (QED) is 0.379. The lowest BCUT2D eigenvalue weighted by atomic mass is 9.85. The molecular weight excluding hydrogens is 417 g/mol. The first-order chi connectivity index (χ1) is 14.7. The Morgan fingerprint density at radius 2 is 1.77 bits per heavy atom. The second kappa shape index (κ2) is 9.26. The minimum atomic E-state index is -0.662. The van der Waals surface area contributed by atoms with Crippen LogP contribution in [0.3, 0.4) is 0 Å². The van der Waals surface area contributed by atoms with E-state index in [4.69, 9.17) is 10.5 Å². The SMILES string of the molecule is CCOC(=O)C(C)(C)Cc1ccc(C(=O)c2sc(Nc3ccc(F)cc3)nc2N)cc1. The molecule has 0 saturated carbocycles. The van der Waals surface area contributed by atoms with E-state index in [1.54, 1.807) is 31.2 Å². The molecule has 0 spiro atoms. The third-order valence-corrected chi connectivity index (χ3v) is 5.63. The molecule has 162 valence electrons. The molecule has 3 N–H and O–H groups in total. The van der Waals surface area contributed by atoms with Gasteiger partial charge in [-0.1, -0.05) is 35.6 Å². The number of carbonyl (C=O) groups excluding carboxylic acids is 2. The van der Waals surface area contributed by atoms with Crippen LogP contribution in [-0.2, 0) is 16.0 Å². The molecule has 2 aromatic carbocycles. The van der Waals surface area contributed by atoms with E-state index in [1.807, 2.05) is 26.0 Å². The third kappa shape index (κ3) is 5.46. The van der Waals surface area contributed by atoms with Crippen LogP contribution >= 0.6 is 11.3 Å². The highest BCUT2D eigenvalue weighted by Crippen LogP contribution is 2.30. The predicted molar refractivity (Wildman–Crippen MR) is 120 cm³/mol. The molecule has 0 saturated heterocycles. The number of carbonyl (C=O) groups is 2. The predicted octanol–water partition coefficient (Wildman–Crippen LogP) is 4.97. The largest absolute Gasteiger partial charge is 0.466 e. The lowest BCUT2D eigenvalue weighted by molar-refractivity contribution is -0.153. The zero-order valence-electron chi connectivity index (χ0n) is 17.6. The zero-order chi connectivity index (χ0) is 22.6. The average Bonchev–Trinajstić information content (AvgIpc) is 3.09. The van der Waals surface area contributed by atoms with Crippen molar-refractivity contribution in [1.82, 2.24) is 4.98 Å². The summed E-state index contributed by atoms with van der Waals surface area (Å²) in [4.78, 5) is 29.5. The van der Waals surface area contributed by atoms with Crippen LogP contribution in [0.15, 0.2) is 48.5 Å². The summed E-state index contributed by atoms with van der Waals surface area (Å²) in [6, 6.07) is 12.9. The molecule has 0 radical (unpaired) electrons. The van der Waals surface area contributed by atoms with E-state index in [9.17, 15) is 14.0 Å². The van der Waals surface area contributed by atoms with Crippen molar-refractivity contribution < 1.29 is 18.7 Å². The van der Waals surface area contributed by atoms with Crippen molar-refractivity contribution in [3.8, 4) is 0 Å². The maximum atomic E-state index is 13.1. The van der Waals surface area contributed by atoms with Crippen molar-refractivity contribution in [2.45, 2.75) is 27.2 Å². The summed E-state index contributed by atoms with van der Waals surface area (Å²) in [5.74, 6) is -0.701. The number of hydrogen-bond donors (Lipinski definition) is 2. The summed E-state index contributed by atoms with van der Waals surface area (Å²) < 4.78 is 18.2. The Morgan fingerprint density at radius 3 is 2.39 bits per heavy atom.